The van der Waals surface area contributed by atoms with Crippen molar-refractivity contribution in [1.82, 2.24) is 10.2 Å². The van der Waals surface area contributed by atoms with Crippen LogP contribution in [0.4, 0.5) is 0 Å². The van der Waals surface area contributed by atoms with E-state index in [2.05, 4.69) is 29.3 Å². The Morgan fingerprint density at radius 1 is 1.35 bits per heavy atom. The van der Waals surface area contributed by atoms with Crippen molar-refractivity contribution in [3.05, 3.63) is 23.8 Å². The summed E-state index contributed by atoms with van der Waals surface area (Å²) in [4.78, 5) is 2.28. The van der Waals surface area contributed by atoms with Crippen LogP contribution in [0.3, 0.4) is 0 Å². The van der Waals surface area contributed by atoms with Crippen LogP contribution < -0.4 is 14.8 Å². The summed E-state index contributed by atoms with van der Waals surface area (Å²) < 4.78 is 11.3. The molecule has 4 nitrogen and oxygen atoms in total. The predicted molar refractivity (Wildman–Crippen MR) is 82.4 cm³/mol. The Bertz CT molecular complexity index is 507. The smallest absolute Gasteiger partial charge is 0.169 e. The molecule has 0 aliphatic carbocycles. The predicted octanol–water partition coefficient (Wildman–Crippen LogP) is 2.49. The summed E-state index contributed by atoms with van der Waals surface area (Å²) in [5.41, 5.74) is 1.26. The first-order valence-corrected chi connectivity index (χ1v) is 7.64. The molecule has 0 amide bonds. The molecule has 1 fully saturated rings. The lowest BCUT2D eigenvalue weighted by atomic mass is 10.0. The van der Waals surface area contributed by atoms with Gasteiger partial charge in [0.15, 0.2) is 16.6 Å². The highest BCUT2D eigenvalue weighted by molar-refractivity contribution is 7.80. The van der Waals surface area contributed by atoms with Crippen LogP contribution in [0.15, 0.2) is 18.2 Å². The van der Waals surface area contributed by atoms with Gasteiger partial charge in [-0.05, 0) is 49.7 Å². The first kappa shape index (κ1) is 13.5. The van der Waals surface area contributed by atoms with E-state index in [-0.39, 0.29) is 0 Å². The first-order valence-electron chi connectivity index (χ1n) is 7.23. The highest BCUT2D eigenvalue weighted by atomic mass is 32.1. The summed E-state index contributed by atoms with van der Waals surface area (Å²) >= 11 is 5.47. The van der Waals surface area contributed by atoms with Crippen molar-refractivity contribution in [3.8, 4) is 11.5 Å². The van der Waals surface area contributed by atoms with E-state index < -0.39 is 0 Å². The Hall–Kier alpha value is -1.49. The Labute approximate surface area is 125 Å². The number of hydrogen-bond donors (Lipinski definition) is 1. The molecule has 1 atom stereocenters. The lowest BCUT2D eigenvalue weighted by Gasteiger charge is -2.28. The Morgan fingerprint density at radius 3 is 2.95 bits per heavy atom. The molecule has 0 aromatic heterocycles. The molecule has 20 heavy (non-hydrogen) atoms. The zero-order valence-electron chi connectivity index (χ0n) is 11.7. The molecule has 1 aromatic carbocycles. The van der Waals surface area contributed by atoms with Gasteiger partial charge in [0.2, 0.25) is 0 Å². The zero-order valence-corrected chi connectivity index (χ0v) is 12.5. The normalized spacial score (nSPS) is 20.9. The summed E-state index contributed by atoms with van der Waals surface area (Å²) in [6, 6.07) is 6.59. The third kappa shape index (κ3) is 2.54. The molecular weight excluding hydrogens is 272 g/mol. The van der Waals surface area contributed by atoms with E-state index in [0.717, 1.165) is 36.1 Å². The monoisotopic (exact) mass is 292 g/mol. The van der Waals surface area contributed by atoms with Gasteiger partial charge >= 0.3 is 0 Å². The van der Waals surface area contributed by atoms with Gasteiger partial charge in [-0.15, -0.1) is 0 Å². The number of fused-ring (bicyclic) bond motifs is 1. The van der Waals surface area contributed by atoms with Crippen molar-refractivity contribution < 1.29 is 9.47 Å². The summed E-state index contributed by atoms with van der Waals surface area (Å²) in [6.07, 6.45) is 2.30. The van der Waals surface area contributed by atoms with Crippen molar-refractivity contribution in [2.24, 2.45) is 0 Å². The van der Waals surface area contributed by atoms with E-state index in [1.807, 2.05) is 6.07 Å². The lowest BCUT2D eigenvalue weighted by Crippen LogP contribution is -2.39. The molecule has 0 bridgehead atoms. The Morgan fingerprint density at radius 2 is 2.15 bits per heavy atom. The topological polar surface area (TPSA) is 33.7 Å². The third-order valence-corrected chi connectivity index (χ3v) is 4.17. The van der Waals surface area contributed by atoms with Crippen molar-refractivity contribution in [2.75, 3.05) is 26.3 Å². The van der Waals surface area contributed by atoms with E-state index in [1.165, 1.54) is 12.0 Å². The van der Waals surface area contributed by atoms with E-state index in [4.69, 9.17) is 21.7 Å². The van der Waals surface area contributed by atoms with Crippen LogP contribution in [0, 0.1) is 0 Å². The van der Waals surface area contributed by atoms with Gasteiger partial charge in [-0.3, -0.25) is 0 Å². The first-order chi connectivity index (χ1) is 9.79. The van der Waals surface area contributed by atoms with Crippen molar-refractivity contribution in [1.29, 1.82) is 0 Å². The fourth-order valence-electron chi connectivity index (χ4n) is 2.88. The maximum Gasteiger partial charge on any atom is 0.169 e. The minimum absolute atomic E-state index is 0.345. The standard InChI is InChI=1S/C15H20N2O2S/c1-2-16-15(20)17-7-3-4-12(17)11-5-6-13-14(10-11)19-9-8-18-13/h5-6,10,12H,2-4,7-9H2,1H3,(H,16,20)/t12-/m1/s1. The average Bonchev–Trinajstić information content (AvgIpc) is 2.96. The second-order valence-corrected chi connectivity index (χ2v) is 5.48. The van der Waals surface area contributed by atoms with Crippen LogP contribution >= 0.6 is 12.2 Å². The second kappa shape index (κ2) is 5.87. The number of benzene rings is 1. The number of ether oxygens (including phenoxy) is 2. The van der Waals surface area contributed by atoms with Gasteiger partial charge in [-0.25, -0.2) is 0 Å². The van der Waals surface area contributed by atoms with Crippen LogP contribution in [-0.4, -0.2) is 36.3 Å². The molecular formula is C15H20N2O2S. The van der Waals surface area contributed by atoms with Crippen LogP contribution in [0.2, 0.25) is 0 Å². The fraction of sp³-hybridized carbons (Fsp3) is 0.533. The molecule has 0 unspecified atom stereocenters. The van der Waals surface area contributed by atoms with Gasteiger partial charge in [-0.1, -0.05) is 6.07 Å². The largest absolute Gasteiger partial charge is 0.486 e. The molecule has 108 valence electrons. The van der Waals surface area contributed by atoms with Gasteiger partial charge in [0.1, 0.15) is 13.2 Å². The summed E-state index contributed by atoms with van der Waals surface area (Å²) in [5, 5.41) is 4.10. The molecule has 0 spiro atoms. The zero-order chi connectivity index (χ0) is 13.9. The van der Waals surface area contributed by atoms with Crippen LogP contribution in [0.1, 0.15) is 31.4 Å². The molecule has 0 radical (unpaired) electrons. The molecule has 2 aliphatic heterocycles. The van der Waals surface area contributed by atoms with E-state index >= 15 is 0 Å². The maximum atomic E-state index is 5.67. The Balaban J connectivity index is 1.82. The van der Waals surface area contributed by atoms with Gasteiger partial charge in [0, 0.05) is 13.1 Å². The van der Waals surface area contributed by atoms with Gasteiger partial charge in [-0.2, -0.15) is 0 Å². The molecule has 5 heteroatoms. The van der Waals surface area contributed by atoms with Crippen LogP contribution in [0.25, 0.3) is 0 Å². The van der Waals surface area contributed by atoms with Crippen molar-refractivity contribution in [3.63, 3.8) is 0 Å². The number of thiocarbonyl (C=S) groups is 1. The van der Waals surface area contributed by atoms with Gasteiger partial charge in [0.05, 0.1) is 6.04 Å². The highest BCUT2D eigenvalue weighted by Crippen LogP contribution is 2.37. The second-order valence-electron chi connectivity index (χ2n) is 5.09. The summed E-state index contributed by atoms with van der Waals surface area (Å²) in [7, 11) is 0. The minimum Gasteiger partial charge on any atom is -0.486 e. The molecule has 2 heterocycles. The maximum absolute atomic E-state index is 5.67. The molecule has 1 aromatic rings. The highest BCUT2D eigenvalue weighted by Gasteiger charge is 2.28. The Kier molecular flexibility index (Phi) is 3.96. The third-order valence-electron chi connectivity index (χ3n) is 3.79. The van der Waals surface area contributed by atoms with E-state index in [0.29, 0.717) is 19.3 Å². The number of nitrogens with one attached hydrogen (secondary N) is 1. The van der Waals surface area contributed by atoms with Crippen LogP contribution in [0.5, 0.6) is 11.5 Å². The molecule has 3 rings (SSSR count). The SMILES string of the molecule is CCNC(=S)N1CCC[C@@H]1c1ccc2c(c1)OCCO2. The fourth-order valence-corrected chi connectivity index (χ4v) is 3.24. The number of rotatable bonds is 2. The average molecular weight is 292 g/mol. The number of likely N-dealkylation sites (tertiary alicyclic amines) is 1. The quantitative estimate of drug-likeness (QED) is 0.847. The van der Waals surface area contributed by atoms with Gasteiger partial charge < -0.3 is 19.7 Å². The lowest BCUT2D eigenvalue weighted by molar-refractivity contribution is 0.171. The summed E-state index contributed by atoms with van der Waals surface area (Å²) in [6.45, 7) is 5.21. The minimum atomic E-state index is 0.345. The van der Waals surface area contributed by atoms with E-state index in [1.54, 1.807) is 0 Å². The number of nitrogens with zero attached hydrogens (tertiary/aromatic N) is 1. The molecule has 0 saturated carbocycles. The van der Waals surface area contributed by atoms with Crippen LogP contribution in [-0.2, 0) is 0 Å². The molecule has 1 saturated heterocycles. The van der Waals surface area contributed by atoms with Gasteiger partial charge in [0.25, 0.3) is 0 Å². The van der Waals surface area contributed by atoms with E-state index in [9.17, 15) is 0 Å². The number of hydrogen-bond acceptors (Lipinski definition) is 3. The molecule has 2 aliphatic rings. The molecule has 1 N–H and O–H groups in total. The van der Waals surface area contributed by atoms with Crippen molar-refractivity contribution in [2.45, 2.75) is 25.8 Å². The summed E-state index contributed by atoms with van der Waals surface area (Å²) in [5.74, 6) is 1.70. The van der Waals surface area contributed by atoms with Crippen molar-refractivity contribution >= 4 is 17.3 Å².